The molecule has 0 bridgehead atoms. The van der Waals surface area contributed by atoms with Crippen molar-refractivity contribution in [2.75, 3.05) is 50.8 Å². The number of hydrogen-bond acceptors (Lipinski definition) is 6. The summed E-state index contributed by atoms with van der Waals surface area (Å²) in [5, 5.41) is 0.852. The highest BCUT2D eigenvalue weighted by molar-refractivity contribution is 7.22. The molecule has 7 nitrogen and oxygen atoms in total. The number of rotatable bonds is 3. The lowest BCUT2D eigenvalue weighted by molar-refractivity contribution is -0.147. The number of thiazole rings is 1. The van der Waals surface area contributed by atoms with Crippen molar-refractivity contribution in [3.63, 3.8) is 0 Å². The van der Waals surface area contributed by atoms with Crippen molar-refractivity contribution in [2.45, 2.75) is 31.8 Å². The van der Waals surface area contributed by atoms with Crippen LogP contribution in [0.2, 0.25) is 0 Å². The average molecular weight is 447 g/mol. The van der Waals surface area contributed by atoms with Crippen LogP contribution in [0.25, 0.3) is 10.2 Å². The van der Waals surface area contributed by atoms with Crippen LogP contribution < -0.4 is 4.90 Å². The molecule has 4 heterocycles. The summed E-state index contributed by atoms with van der Waals surface area (Å²) in [6.45, 7) is 4.46. The van der Waals surface area contributed by atoms with Crippen molar-refractivity contribution in [1.82, 2.24) is 14.8 Å². The monoisotopic (exact) mass is 446 g/mol. The molecule has 0 aliphatic carbocycles. The predicted molar refractivity (Wildman–Crippen MR) is 117 cm³/mol. The molecule has 9 heteroatoms. The van der Waals surface area contributed by atoms with Crippen molar-refractivity contribution >= 4 is 38.5 Å². The molecule has 3 saturated heterocycles. The lowest BCUT2D eigenvalue weighted by Crippen LogP contribution is -2.55. The fourth-order valence-corrected chi connectivity index (χ4v) is 5.78. The van der Waals surface area contributed by atoms with Gasteiger partial charge in [0, 0.05) is 45.9 Å². The first-order valence-electron chi connectivity index (χ1n) is 11.1. The van der Waals surface area contributed by atoms with Gasteiger partial charge in [-0.05, 0) is 43.9 Å². The SMILES string of the molecule is O=C(C1CCCN(c2nc3ccc(F)cc3s2)C1)N1CCN(C(=O)C2CCCO2)CC1. The molecular weight excluding hydrogens is 419 g/mol. The van der Waals surface area contributed by atoms with Crippen molar-refractivity contribution in [3.8, 4) is 0 Å². The lowest BCUT2D eigenvalue weighted by Gasteiger charge is -2.39. The highest BCUT2D eigenvalue weighted by Crippen LogP contribution is 2.32. The third-order valence-electron chi connectivity index (χ3n) is 6.49. The molecule has 3 fully saturated rings. The number of hydrogen-bond donors (Lipinski definition) is 0. The summed E-state index contributed by atoms with van der Waals surface area (Å²) in [6.07, 6.45) is 3.24. The average Bonchev–Trinajstić information content (AvgIpc) is 3.48. The Balaban J connectivity index is 1.19. The number of carbonyl (C=O) groups excluding carboxylic acids is 2. The van der Waals surface area contributed by atoms with Gasteiger partial charge in [-0.25, -0.2) is 9.37 Å². The van der Waals surface area contributed by atoms with E-state index in [1.165, 1.54) is 23.5 Å². The van der Waals surface area contributed by atoms with Gasteiger partial charge in [-0.3, -0.25) is 9.59 Å². The van der Waals surface area contributed by atoms with Gasteiger partial charge in [-0.15, -0.1) is 0 Å². The number of carbonyl (C=O) groups is 2. The minimum Gasteiger partial charge on any atom is -0.368 e. The summed E-state index contributed by atoms with van der Waals surface area (Å²) in [4.78, 5) is 36.3. The third-order valence-corrected chi connectivity index (χ3v) is 7.57. The number of piperazine rings is 1. The van der Waals surface area contributed by atoms with Gasteiger partial charge in [-0.2, -0.15) is 0 Å². The van der Waals surface area contributed by atoms with Crippen LogP contribution in [0.1, 0.15) is 25.7 Å². The minimum atomic E-state index is -0.295. The van der Waals surface area contributed by atoms with Crippen molar-refractivity contribution in [3.05, 3.63) is 24.0 Å². The van der Waals surface area contributed by atoms with Gasteiger partial charge in [0.2, 0.25) is 5.91 Å². The van der Waals surface area contributed by atoms with Gasteiger partial charge in [0.25, 0.3) is 5.91 Å². The van der Waals surface area contributed by atoms with Crippen LogP contribution in [0.3, 0.4) is 0 Å². The Labute approximate surface area is 184 Å². The zero-order chi connectivity index (χ0) is 21.4. The molecule has 166 valence electrons. The van der Waals surface area contributed by atoms with Crippen molar-refractivity contribution in [2.24, 2.45) is 5.92 Å². The molecule has 2 atom stereocenters. The first-order valence-corrected chi connectivity index (χ1v) is 11.9. The summed E-state index contributed by atoms with van der Waals surface area (Å²) >= 11 is 1.48. The summed E-state index contributed by atoms with van der Waals surface area (Å²) in [5.41, 5.74) is 0.793. The largest absolute Gasteiger partial charge is 0.368 e. The highest BCUT2D eigenvalue weighted by Gasteiger charge is 2.34. The van der Waals surface area contributed by atoms with E-state index in [4.69, 9.17) is 4.74 Å². The molecule has 2 aromatic rings. The maximum absolute atomic E-state index is 13.5. The Morgan fingerprint density at radius 1 is 1.03 bits per heavy atom. The number of halogens is 1. The molecule has 3 aliphatic heterocycles. The minimum absolute atomic E-state index is 0.0701. The summed E-state index contributed by atoms with van der Waals surface area (Å²) in [5.74, 6) is -0.0915. The summed E-state index contributed by atoms with van der Waals surface area (Å²) in [7, 11) is 0. The quantitative estimate of drug-likeness (QED) is 0.725. The second-order valence-electron chi connectivity index (χ2n) is 8.55. The van der Waals surface area contributed by atoms with E-state index in [9.17, 15) is 14.0 Å². The Morgan fingerprint density at radius 3 is 2.55 bits per heavy atom. The standard InChI is InChI=1S/C22H27FN4O3S/c23-16-5-6-17-19(13-16)31-22(24-17)27-7-1-3-15(14-27)20(28)25-8-10-26(11-9-25)21(29)18-4-2-12-30-18/h5-6,13,15,18H,1-4,7-12,14H2. The van der Waals surface area contributed by atoms with Crippen LogP contribution in [-0.4, -0.2) is 78.6 Å². The first kappa shape index (κ1) is 20.6. The van der Waals surface area contributed by atoms with Crippen LogP contribution in [0, 0.1) is 11.7 Å². The van der Waals surface area contributed by atoms with Crippen molar-refractivity contribution in [1.29, 1.82) is 0 Å². The molecule has 2 unspecified atom stereocenters. The number of fused-ring (bicyclic) bond motifs is 1. The van der Waals surface area contributed by atoms with Crippen LogP contribution in [0.5, 0.6) is 0 Å². The maximum atomic E-state index is 13.5. The normalized spacial score (nSPS) is 24.7. The van der Waals surface area contributed by atoms with E-state index in [0.29, 0.717) is 39.3 Å². The van der Waals surface area contributed by atoms with Crippen LogP contribution in [0.15, 0.2) is 18.2 Å². The van der Waals surface area contributed by atoms with Crippen LogP contribution in [0.4, 0.5) is 9.52 Å². The molecule has 0 radical (unpaired) electrons. The number of anilines is 1. The molecule has 1 aromatic carbocycles. The Hall–Kier alpha value is -2.26. The van der Waals surface area contributed by atoms with Crippen molar-refractivity contribution < 1.29 is 18.7 Å². The fraction of sp³-hybridized carbons (Fsp3) is 0.591. The van der Waals surface area contributed by atoms with Gasteiger partial charge >= 0.3 is 0 Å². The lowest BCUT2D eigenvalue weighted by atomic mass is 9.96. The zero-order valence-electron chi connectivity index (χ0n) is 17.5. The van der Waals surface area contributed by atoms with Crippen LogP contribution in [-0.2, 0) is 14.3 Å². The van der Waals surface area contributed by atoms with E-state index in [2.05, 4.69) is 9.88 Å². The summed E-state index contributed by atoms with van der Waals surface area (Å²) in [6, 6.07) is 4.65. The van der Waals surface area contributed by atoms with Crippen LogP contribution >= 0.6 is 11.3 Å². The molecule has 0 spiro atoms. The zero-order valence-corrected chi connectivity index (χ0v) is 18.3. The van der Waals surface area contributed by atoms with Gasteiger partial charge in [-0.1, -0.05) is 11.3 Å². The second kappa shape index (κ2) is 8.70. The molecule has 1 aromatic heterocycles. The van der Waals surface area contributed by atoms with E-state index >= 15 is 0 Å². The molecule has 5 rings (SSSR count). The first-order chi connectivity index (χ1) is 15.1. The molecule has 0 N–H and O–H groups in total. The number of piperidine rings is 1. The Bertz CT molecular complexity index is 969. The number of aromatic nitrogens is 1. The molecule has 2 amide bonds. The highest BCUT2D eigenvalue weighted by atomic mass is 32.1. The van der Waals surface area contributed by atoms with Gasteiger partial charge in [0.15, 0.2) is 5.13 Å². The number of benzene rings is 1. The Kier molecular flexibility index (Phi) is 5.79. The topological polar surface area (TPSA) is 66.0 Å². The van der Waals surface area contributed by atoms with E-state index in [-0.39, 0.29) is 29.7 Å². The number of nitrogens with zero attached hydrogens (tertiary/aromatic N) is 4. The maximum Gasteiger partial charge on any atom is 0.251 e. The van der Waals surface area contributed by atoms with Gasteiger partial charge in [0.1, 0.15) is 11.9 Å². The van der Waals surface area contributed by atoms with E-state index in [1.807, 2.05) is 9.80 Å². The third kappa shape index (κ3) is 4.25. The van der Waals surface area contributed by atoms with E-state index in [1.54, 1.807) is 6.07 Å². The van der Waals surface area contributed by atoms with E-state index in [0.717, 1.165) is 47.6 Å². The van der Waals surface area contributed by atoms with Gasteiger partial charge < -0.3 is 19.4 Å². The molecule has 3 aliphatic rings. The smallest absolute Gasteiger partial charge is 0.251 e. The fourth-order valence-electron chi connectivity index (χ4n) is 4.76. The molecular formula is C22H27FN4O3S. The molecule has 31 heavy (non-hydrogen) atoms. The number of ether oxygens (including phenoxy) is 1. The molecule has 0 saturated carbocycles. The second-order valence-corrected chi connectivity index (χ2v) is 9.55. The van der Waals surface area contributed by atoms with Gasteiger partial charge in [0.05, 0.1) is 16.1 Å². The number of amides is 2. The Morgan fingerprint density at radius 2 is 1.81 bits per heavy atom. The van der Waals surface area contributed by atoms with E-state index < -0.39 is 0 Å². The predicted octanol–water partition coefficient (Wildman–Crippen LogP) is 2.50. The summed E-state index contributed by atoms with van der Waals surface area (Å²) < 4.78 is 19.9.